The maximum atomic E-state index is 12.3. The van der Waals surface area contributed by atoms with E-state index in [-0.39, 0.29) is 37.8 Å². The Hall–Kier alpha value is -2.73. The molecule has 36 heavy (non-hydrogen) atoms. The second kappa shape index (κ2) is 12.5. The maximum absolute atomic E-state index is 12.3. The number of hydrogen-bond acceptors (Lipinski definition) is 9. The summed E-state index contributed by atoms with van der Waals surface area (Å²) in [6, 6.07) is 8.16. The van der Waals surface area contributed by atoms with Gasteiger partial charge in [0.25, 0.3) is 0 Å². The van der Waals surface area contributed by atoms with Gasteiger partial charge in [-0.05, 0) is 45.1 Å². The number of hydrogen-bond donors (Lipinski definition) is 2. The van der Waals surface area contributed by atoms with Crippen molar-refractivity contribution in [1.82, 2.24) is 5.32 Å². The molecule has 2 aliphatic heterocycles. The highest BCUT2D eigenvalue weighted by molar-refractivity contribution is 5.81. The van der Waals surface area contributed by atoms with Crippen LogP contribution in [0.5, 0.6) is 0 Å². The average molecular weight is 509 g/mol. The van der Waals surface area contributed by atoms with Gasteiger partial charge >= 0.3 is 12.1 Å². The normalized spacial score (nSPS) is 26.0. The summed E-state index contributed by atoms with van der Waals surface area (Å²) in [6.07, 6.45) is -1.09. The molecule has 2 heterocycles. The van der Waals surface area contributed by atoms with Gasteiger partial charge in [-0.25, -0.2) is 9.59 Å². The summed E-state index contributed by atoms with van der Waals surface area (Å²) in [5.41, 5.74) is 6.45. The van der Waals surface area contributed by atoms with E-state index in [2.05, 4.69) is 5.32 Å². The van der Waals surface area contributed by atoms with Crippen LogP contribution < -0.4 is 11.1 Å². The molecule has 2 aliphatic rings. The Labute approximate surface area is 210 Å². The van der Waals surface area contributed by atoms with Gasteiger partial charge in [-0.15, -0.1) is 0 Å². The molecule has 6 atom stereocenters. The van der Waals surface area contributed by atoms with Crippen LogP contribution in [0.3, 0.4) is 0 Å². The van der Waals surface area contributed by atoms with Gasteiger partial charge in [-0.3, -0.25) is 4.79 Å². The number of amides is 2. The number of nitrogens with one attached hydrogen (secondary N) is 1. The fourth-order valence-corrected chi connectivity index (χ4v) is 4.52. The fourth-order valence-electron chi connectivity index (χ4n) is 4.52. The highest BCUT2D eigenvalue weighted by Crippen LogP contribution is 2.40. The molecule has 200 valence electrons. The van der Waals surface area contributed by atoms with Gasteiger partial charge in [0.15, 0.2) is 12.1 Å². The van der Waals surface area contributed by atoms with Crippen LogP contribution in [0.4, 0.5) is 4.79 Å². The Kier molecular flexibility index (Phi) is 9.66. The average Bonchev–Trinajstić information content (AvgIpc) is 3.34. The molecule has 1 aromatic carbocycles. The van der Waals surface area contributed by atoms with Crippen molar-refractivity contribution in [3.63, 3.8) is 0 Å². The zero-order valence-corrected chi connectivity index (χ0v) is 21.1. The van der Waals surface area contributed by atoms with Crippen LogP contribution in [0, 0.1) is 5.92 Å². The van der Waals surface area contributed by atoms with E-state index in [4.69, 9.17) is 34.2 Å². The third-order valence-electron chi connectivity index (χ3n) is 6.34. The molecule has 2 amide bonds. The van der Waals surface area contributed by atoms with E-state index in [1.165, 1.54) is 14.2 Å². The monoisotopic (exact) mass is 508 g/mol. The van der Waals surface area contributed by atoms with Crippen LogP contribution in [-0.2, 0) is 44.6 Å². The molecule has 0 saturated carbocycles. The fraction of sp³-hybridized carbons (Fsp3) is 0.640. The van der Waals surface area contributed by atoms with E-state index in [1.54, 1.807) is 0 Å². The zero-order valence-electron chi connectivity index (χ0n) is 21.1. The van der Waals surface area contributed by atoms with Crippen LogP contribution >= 0.6 is 0 Å². The number of primary amides is 1. The molecule has 0 spiro atoms. The number of rotatable bonds is 12. The van der Waals surface area contributed by atoms with E-state index < -0.39 is 42.0 Å². The molecule has 11 heteroatoms. The van der Waals surface area contributed by atoms with Gasteiger partial charge in [-0.1, -0.05) is 30.3 Å². The van der Waals surface area contributed by atoms with Crippen molar-refractivity contribution >= 4 is 18.0 Å². The van der Waals surface area contributed by atoms with Crippen LogP contribution in [0.2, 0.25) is 0 Å². The lowest BCUT2D eigenvalue weighted by molar-refractivity contribution is -0.227. The minimum absolute atomic E-state index is 0.0546. The minimum atomic E-state index is -0.988. The maximum Gasteiger partial charge on any atom is 0.408 e. The smallest absolute Gasteiger partial charge is 0.408 e. The highest BCUT2D eigenvalue weighted by Gasteiger charge is 2.55. The molecule has 1 unspecified atom stereocenters. The van der Waals surface area contributed by atoms with Crippen molar-refractivity contribution in [2.75, 3.05) is 14.2 Å². The molecule has 1 aromatic rings. The minimum Gasteiger partial charge on any atom is -0.467 e. The first kappa shape index (κ1) is 27.9. The quantitative estimate of drug-likeness (QED) is 0.405. The number of nitrogens with two attached hydrogens (primary N) is 1. The number of carbonyl (C=O) groups is 3. The summed E-state index contributed by atoms with van der Waals surface area (Å²) in [5, 5.41) is 2.52. The van der Waals surface area contributed by atoms with Crippen molar-refractivity contribution in [2.45, 2.75) is 82.6 Å². The number of methoxy groups -OCH3 is 2. The van der Waals surface area contributed by atoms with Crippen LogP contribution in [-0.4, -0.2) is 68.6 Å². The number of fused-ring (bicyclic) bond motifs is 1. The van der Waals surface area contributed by atoms with Gasteiger partial charge in [-0.2, -0.15) is 0 Å². The van der Waals surface area contributed by atoms with E-state index >= 15 is 0 Å². The Morgan fingerprint density at radius 2 is 1.75 bits per heavy atom. The summed E-state index contributed by atoms with van der Waals surface area (Å²) >= 11 is 0. The Morgan fingerprint density at radius 1 is 1.06 bits per heavy atom. The van der Waals surface area contributed by atoms with Crippen LogP contribution in [0.15, 0.2) is 30.3 Å². The van der Waals surface area contributed by atoms with E-state index in [9.17, 15) is 14.4 Å². The number of benzene rings is 1. The second-order valence-electron chi connectivity index (χ2n) is 9.38. The van der Waals surface area contributed by atoms with E-state index in [0.29, 0.717) is 12.8 Å². The van der Waals surface area contributed by atoms with Crippen molar-refractivity contribution in [3.05, 3.63) is 35.9 Å². The van der Waals surface area contributed by atoms with Gasteiger partial charge in [0.1, 0.15) is 24.9 Å². The largest absolute Gasteiger partial charge is 0.467 e. The third-order valence-corrected chi connectivity index (χ3v) is 6.34. The third kappa shape index (κ3) is 7.39. The lowest BCUT2D eigenvalue weighted by Gasteiger charge is -2.24. The molecule has 0 aliphatic carbocycles. The summed E-state index contributed by atoms with van der Waals surface area (Å²) in [7, 11) is 2.76. The van der Waals surface area contributed by atoms with Gasteiger partial charge in [0.05, 0.1) is 13.2 Å². The van der Waals surface area contributed by atoms with Crippen molar-refractivity contribution < 1.29 is 42.8 Å². The Morgan fingerprint density at radius 3 is 2.39 bits per heavy atom. The molecule has 0 radical (unpaired) electrons. The topological polar surface area (TPSA) is 145 Å². The SMILES string of the molecule is COC(=O)[C@H](CCC(CC[C@H]1O[C@@H](OC)[C@@H]2OC(C)(C)O[C@@H]21)C(N)=O)NC(=O)OCc1ccccc1. The Balaban J connectivity index is 1.52. The first-order valence-electron chi connectivity index (χ1n) is 12.0. The number of ether oxygens (including phenoxy) is 6. The summed E-state index contributed by atoms with van der Waals surface area (Å²) in [4.78, 5) is 36.7. The first-order valence-corrected chi connectivity index (χ1v) is 12.0. The summed E-state index contributed by atoms with van der Waals surface area (Å²) in [5.74, 6) is -2.46. The standard InChI is InChI=1S/C25H36N2O9/c1-25(2)35-19-18(34-23(32-4)20(19)36-25)13-11-16(21(26)28)10-12-17(22(29)31-3)27-24(30)33-14-15-8-6-5-7-9-15/h5-9,16-20,23H,10-14H2,1-4H3,(H2,26,28)(H,27,30)/t16?,17-,18+,19+,20+,23+/m0/s1. The molecule has 3 N–H and O–H groups in total. The number of esters is 1. The van der Waals surface area contributed by atoms with Gasteiger partial charge in [0, 0.05) is 13.0 Å². The van der Waals surface area contributed by atoms with Crippen molar-refractivity contribution in [2.24, 2.45) is 11.7 Å². The van der Waals surface area contributed by atoms with Crippen LogP contribution in [0.25, 0.3) is 0 Å². The molecule has 3 rings (SSSR count). The van der Waals surface area contributed by atoms with Crippen molar-refractivity contribution in [3.8, 4) is 0 Å². The molecule has 2 saturated heterocycles. The number of alkyl carbamates (subject to hydrolysis) is 1. The molecular weight excluding hydrogens is 472 g/mol. The van der Waals surface area contributed by atoms with E-state index in [0.717, 1.165) is 5.56 Å². The summed E-state index contributed by atoms with van der Waals surface area (Å²) in [6.45, 7) is 3.71. The van der Waals surface area contributed by atoms with Crippen LogP contribution in [0.1, 0.15) is 45.1 Å². The van der Waals surface area contributed by atoms with Gasteiger partial charge < -0.3 is 39.5 Å². The molecule has 0 aromatic heterocycles. The molecule has 11 nitrogen and oxygen atoms in total. The number of carbonyl (C=O) groups excluding carboxylic acids is 3. The molecule has 0 bridgehead atoms. The highest BCUT2D eigenvalue weighted by atomic mass is 16.8. The van der Waals surface area contributed by atoms with Gasteiger partial charge in [0.2, 0.25) is 5.91 Å². The lowest BCUT2D eigenvalue weighted by Crippen LogP contribution is -2.42. The lowest BCUT2D eigenvalue weighted by atomic mass is 9.92. The van der Waals surface area contributed by atoms with E-state index in [1.807, 2.05) is 44.2 Å². The molecule has 2 fully saturated rings. The molecular formula is C25H36N2O9. The zero-order chi connectivity index (χ0) is 26.3. The summed E-state index contributed by atoms with van der Waals surface area (Å²) < 4.78 is 33.2. The second-order valence-corrected chi connectivity index (χ2v) is 9.38. The predicted octanol–water partition coefficient (Wildman–Crippen LogP) is 2.01. The van der Waals surface area contributed by atoms with Crippen molar-refractivity contribution in [1.29, 1.82) is 0 Å². The predicted molar refractivity (Wildman–Crippen MR) is 126 cm³/mol. The first-order chi connectivity index (χ1) is 17.1. The Bertz CT molecular complexity index is 895.